The first-order chi connectivity index (χ1) is 15.6. The second kappa shape index (κ2) is 6.87. The van der Waals surface area contributed by atoms with Crippen LogP contribution in [0.1, 0.15) is 99.8 Å². The summed E-state index contributed by atoms with van der Waals surface area (Å²) in [6.07, 6.45) is 10.2. The molecule has 34 heavy (non-hydrogen) atoms. The summed E-state index contributed by atoms with van der Waals surface area (Å²) in [6.45, 7) is 15.6. The zero-order chi connectivity index (χ0) is 25.1. The number of rotatable bonds is 1. The summed E-state index contributed by atoms with van der Waals surface area (Å²) >= 11 is 0. The van der Waals surface area contributed by atoms with Gasteiger partial charge in [-0.25, -0.2) is 0 Å². The van der Waals surface area contributed by atoms with Gasteiger partial charge >= 0.3 is 5.97 Å². The Kier molecular flexibility index (Phi) is 4.90. The number of Topliss-reactive ketones (excluding diaryl/α,β-unsaturated/α-hetero) is 1. The molecule has 0 aromatic heterocycles. The van der Waals surface area contributed by atoms with Gasteiger partial charge in [0.2, 0.25) is 0 Å². The highest BCUT2D eigenvalue weighted by molar-refractivity contribution is 5.85. The average molecular weight is 469 g/mol. The third kappa shape index (κ3) is 2.75. The number of aliphatic hydroxyl groups is 1. The second-order valence-corrected chi connectivity index (χ2v) is 14.6. The van der Waals surface area contributed by atoms with E-state index in [1.807, 2.05) is 13.8 Å². The molecule has 5 aliphatic carbocycles. The van der Waals surface area contributed by atoms with E-state index in [2.05, 4.69) is 46.8 Å². The van der Waals surface area contributed by atoms with Gasteiger partial charge in [0.15, 0.2) is 0 Å². The first-order valence-corrected chi connectivity index (χ1v) is 13.4. The van der Waals surface area contributed by atoms with Crippen LogP contribution in [0.4, 0.5) is 0 Å². The summed E-state index contributed by atoms with van der Waals surface area (Å²) in [5, 5.41) is 22.2. The van der Waals surface area contributed by atoms with Gasteiger partial charge in [0.1, 0.15) is 5.78 Å². The van der Waals surface area contributed by atoms with Crippen LogP contribution in [0.25, 0.3) is 0 Å². The van der Waals surface area contributed by atoms with Crippen molar-refractivity contribution >= 4 is 11.8 Å². The van der Waals surface area contributed by atoms with Crippen LogP contribution in [0.15, 0.2) is 23.3 Å². The Morgan fingerprint density at radius 2 is 1.62 bits per heavy atom. The summed E-state index contributed by atoms with van der Waals surface area (Å²) < 4.78 is 0. The predicted molar refractivity (Wildman–Crippen MR) is 133 cm³/mol. The van der Waals surface area contributed by atoms with Gasteiger partial charge in [-0.1, -0.05) is 60.6 Å². The van der Waals surface area contributed by atoms with Gasteiger partial charge in [0, 0.05) is 17.8 Å². The number of carboxylic acids is 1. The monoisotopic (exact) mass is 468 g/mol. The van der Waals surface area contributed by atoms with Gasteiger partial charge in [-0.2, -0.15) is 0 Å². The number of hydrogen-bond donors (Lipinski definition) is 2. The number of allylic oxidation sites excluding steroid dienone is 3. The van der Waals surface area contributed by atoms with Gasteiger partial charge in [-0.3, -0.25) is 9.59 Å². The van der Waals surface area contributed by atoms with Crippen LogP contribution in [-0.2, 0) is 9.59 Å². The van der Waals surface area contributed by atoms with Gasteiger partial charge in [0.25, 0.3) is 0 Å². The molecular formula is C30H44O4. The van der Waals surface area contributed by atoms with Crippen LogP contribution >= 0.6 is 0 Å². The van der Waals surface area contributed by atoms with E-state index in [9.17, 15) is 19.8 Å². The standard InChI is InChI=1S/C30H44O4/c1-25(2)12-14-30(24(33)34)15-13-28(6)18(19(30)16-25)8-9-21-27(5)11-10-22(32)26(3,4)23(27)20(31)17-29(21,28)7/h8-9,20-21,23,31H,10-17H2,1-7H3,(H,33,34)/t20-,21?,23?,27-,28-,29-,30+/m1/s1. The molecule has 0 aliphatic heterocycles. The molecule has 0 radical (unpaired) electrons. The summed E-state index contributed by atoms with van der Waals surface area (Å²) in [7, 11) is 0. The third-order valence-electron chi connectivity index (χ3n) is 12.1. The first kappa shape index (κ1) is 24.3. The van der Waals surface area contributed by atoms with Crippen LogP contribution < -0.4 is 0 Å². The lowest BCUT2D eigenvalue weighted by Crippen LogP contribution is -2.66. The zero-order valence-corrected chi connectivity index (χ0v) is 22.3. The Bertz CT molecular complexity index is 1020. The molecule has 0 spiro atoms. The second-order valence-electron chi connectivity index (χ2n) is 14.6. The minimum absolute atomic E-state index is 0.0582. The number of carbonyl (C=O) groups is 2. The molecule has 4 heteroatoms. The zero-order valence-electron chi connectivity index (χ0n) is 22.3. The fraction of sp³-hybridized carbons (Fsp3) is 0.800. The molecule has 0 aromatic carbocycles. The molecule has 5 rings (SSSR count). The Hall–Kier alpha value is -1.42. The quantitative estimate of drug-likeness (QED) is 0.471. The molecule has 4 nitrogen and oxygen atoms in total. The van der Waals surface area contributed by atoms with Crippen LogP contribution in [0.2, 0.25) is 0 Å². The average Bonchev–Trinajstić information content (AvgIpc) is 2.70. The maximum atomic E-state index is 12.9. The van der Waals surface area contributed by atoms with E-state index in [0.717, 1.165) is 37.7 Å². The van der Waals surface area contributed by atoms with Gasteiger partial charge < -0.3 is 10.2 Å². The van der Waals surface area contributed by atoms with Crippen molar-refractivity contribution < 1.29 is 19.8 Å². The molecule has 0 saturated heterocycles. The molecule has 3 saturated carbocycles. The number of ketones is 1. The van der Waals surface area contributed by atoms with Gasteiger partial charge in [-0.15, -0.1) is 0 Å². The fourth-order valence-corrected chi connectivity index (χ4v) is 9.95. The summed E-state index contributed by atoms with van der Waals surface area (Å²) in [6, 6.07) is 0. The van der Waals surface area contributed by atoms with Crippen LogP contribution in [0.5, 0.6) is 0 Å². The maximum absolute atomic E-state index is 12.9. The Balaban J connectivity index is 1.71. The van der Waals surface area contributed by atoms with Crippen molar-refractivity contribution in [1.82, 2.24) is 0 Å². The van der Waals surface area contributed by atoms with E-state index in [1.54, 1.807) is 0 Å². The predicted octanol–water partition coefficient (Wildman–Crippen LogP) is 6.33. The van der Waals surface area contributed by atoms with Crippen molar-refractivity contribution in [3.63, 3.8) is 0 Å². The number of aliphatic carboxylic acids is 1. The molecule has 2 N–H and O–H groups in total. The smallest absolute Gasteiger partial charge is 0.313 e. The van der Waals surface area contributed by atoms with E-state index in [-0.39, 0.29) is 39.3 Å². The number of fused-ring (bicyclic) bond motifs is 6. The number of aliphatic hydroxyl groups excluding tert-OH is 1. The largest absolute Gasteiger partial charge is 0.481 e. The highest BCUT2D eigenvalue weighted by Crippen LogP contribution is 2.73. The summed E-state index contributed by atoms with van der Waals surface area (Å²) in [5.41, 5.74) is 0.701. The maximum Gasteiger partial charge on any atom is 0.313 e. The Morgan fingerprint density at radius 1 is 0.971 bits per heavy atom. The minimum atomic E-state index is -0.739. The normalized spacial score (nSPS) is 48.9. The van der Waals surface area contributed by atoms with Crippen molar-refractivity contribution in [2.24, 2.45) is 44.3 Å². The van der Waals surface area contributed by atoms with Crippen LogP contribution in [-0.4, -0.2) is 28.1 Å². The molecule has 188 valence electrons. The molecule has 0 amide bonds. The van der Waals surface area contributed by atoms with Crippen molar-refractivity contribution in [2.75, 3.05) is 0 Å². The topological polar surface area (TPSA) is 74.6 Å². The molecule has 0 heterocycles. The lowest BCUT2D eigenvalue weighted by atomic mass is 9.35. The highest BCUT2D eigenvalue weighted by Gasteiger charge is 2.69. The van der Waals surface area contributed by atoms with E-state index in [1.165, 1.54) is 5.57 Å². The lowest BCUT2D eigenvalue weighted by Gasteiger charge is -2.69. The van der Waals surface area contributed by atoms with Crippen molar-refractivity contribution in [2.45, 2.75) is 106 Å². The first-order valence-electron chi connectivity index (χ1n) is 13.4. The van der Waals surface area contributed by atoms with Gasteiger partial charge in [-0.05, 0) is 83.7 Å². The van der Waals surface area contributed by atoms with Crippen molar-refractivity contribution in [3.8, 4) is 0 Å². The van der Waals surface area contributed by atoms with Crippen molar-refractivity contribution in [1.29, 1.82) is 0 Å². The SMILES string of the molecule is CC1(C)CC[C@]2(C(=O)O)CC[C@]3(C)C(=C2C1)C=CC1[C@@]2(C)CCC(=O)C(C)(C)C2[C@H](O)C[C@]13C. The van der Waals surface area contributed by atoms with E-state index >= 15 is 0 Å². The third-order valence-corrected chi connectivity index (χ3v) is 12.1. The molecular weight excluding hydrogens is 424 g/mol. The van der Waals surface area contributed by atoms with E-state index in [0.29, 0.717) is 19.3 Å². The molecule has 7 atom stereocenters. The fourth-order valence-electron chi connectivity index (χ4n) is 9.95. The molecule has 0 aromatic rings. The van der Waals surface area contributed by atoms with E-state index < -0.39 is 22.9 Å². The Labute approximate surface area is 205 Å². The Morgan fingerprint density at radius 3 is 2.26 bits per heavy atom. The number of carbonyl (C=O) groups excluding carboxylic acids is 1. The van der Waals surface area contributed by atoms with Crippen LogP contribution in [0, 0.1) is 44.3 Å². The molecule has 5 aliphatic rings. The minimum Gasteiger partial charge on any atom is -0.481 e. The van der Waals surface area contributed by atoms with Crippen molar-refractivity contribution in [3.05, 3.63) is 23.3 Å². The molecule has 0 bridgehead atoms. The summed E-state index contributed by atoms with van der Waals surface area (Å²) in [4.78, 5) is 25.6. The van der Waals surface area contributed by atoms with Crippen LogP contribution in [0.3, 0.4) is 0 Å². The number of hydrogen-bond acceptors (Lipinski definition) is 3. The van der Waals surface area contributed by atoms with Gasteiger partial charge in [0.05, 0.1) is 11.5 Å². The lowest BCUT2D eigenvalue weighted by molar-refractivity contribution is -0.202. The van der Waals surface area contributed by atoms with E-state index in [4.69, 9.17) is 0 Å². The molecule has 2 unspecified atom stereocenters. The highest BCUT2D eigenvalue weighted by atomic mass is 16.4. The number of carboxylic acid groups (broad SMARTS) is 1. The summed E-state index contributed by atoms with van der Waals surface area (Å²) in [5.74, 6) is -0.183. The molecule has 3 fully saturated rings.